The molecule has 6 nitrogen and oxygen atoms in total. The first-order valence-corrected chi connectivity index (χ1v) is 8.67. The van der Waals surface area contributed by atoms with Gasteiger partial charge in [0.15, 0.2) is 0 Å². The Morgan fingerprint density at radius 1 is 1.33 bits per heavy atom. The molecule has 0 radical (unpaired) electrons. The van der Waals surface area contributed by atoms with E-state index < -0.39 is 0 Å². The summed E-state index contributed by atoms with van der Waals surface area (Å²) in [6, 6.07) is 6.23. The Hall–Kier alpha value is -2.21. The second kappa shape index (κ2) is 8.59. The largest absolute Gasteiger partial charge is 0.352 e. The van der Waals surface area contributed by atoms with Crippen LogP contribution >= 0.6 is 0 Å². The lowest BCUT2D eigenvalue weighted by molar-refractivity contribution is -0.122. The van der Waals surface area contributed by atoms with E-state index in [1.165, 1.54) is 5.56 Å². The number of amides is 1. The highest BCUT2D eigenvalue weighted by molar-refractivity contribution is 5.76. The lowest BCUT2D eigenvalue weighted by Crippen LogP contribution is -2.47. The van der Waals surface area contributed by atoms with Crippen molar-refractivity contribution in [3.05, 3.63) is 48.5 Å². The third kappa shape index (κ3) is 5.16. The number of aromatic nitrogens is 3. The van der Waals surface area contributed by atoms with Crippen LogP contribution in [0.25, 0.3) is 0 Å². The number of hydrogen-bond donors (Lipinski definition) is 1. The molecule has 2 aromatic heterocycles. The molecule has 0 aromatic carbocycles. The highest BCUT2D eigenvalue weighted by Gasteiger charge is 2.21. The molecule has 1 unspecified atom stereocenters. The minimum absolute atomic E-state index is 0.149. The van der Waals surface area contributed by atoms with E-state index in [-0.39, 0.29) is 11.9 Å². The van der Waals surface area contributed by atoms with Gasteiger partial charge in [0, 0.05) is 56.9 Å². The first kappa shape index (κ1) is 16.6. The van der Waals surface area contributed by atoms with E-state index in [1.807, 2.05) is 29.2 Å². The van der Waals surface area contributed by atoms with E-state index >= 15 is 0 Å². The Morgan fingerprint density at radius 2 is 2.29 bits per heavy atom. The van der Waals surface area contributed by atoms with Crippen LogP contribution in [0.15, 0.2) is 43.0 Å². The molecule has 0 aliphatic carbocycles. The third-order valence-electron chi connectivity index (χ3n) is 4.35. The summed E-state index contributed by atoms with van der Waals surface area (Å²) in [6.07, 6.45) is 11.0. The summed E-state index contributed by atoms with van der Waals surface area (Å²) in [5.41, 5.74) is 1.23. The molecule has 1 aliphatic rings. The minimum atomic E-state index is 0.149. The zero-order valence-corrected chi connectivity index (χ0v) is 14.0. The molecule has 24 heavy (non-hydrogen) atoms. The number of nitrogens with one attached hydrogen (secondary N) is 1. The smallest absolute Gasteiger partial charge is 0.220 e. The van der Waals surface area contributed by atoms with Crippen molar-refractivity contribution in [1.82, 2.24) is 25.0 Å². The van der Waals surface area contributed by atoms with E-state index in [4.69, 9.17) is 0 Å². The van der Waals surface area contributed by atoms with Crippen LogP contribution in [0.1, 0.15) is 31.2 Å². The average molecular weight is 327 g/mol. The number of carbonyl (C=O) groups excluding carboxylic acids is 1. The molecule has 1 fully saturated rings. The van der Waals surface area contributed by atoms with Gasteiger partial charge in [0.1, 0.15) is 0 Å². The first-order valence-electron chi connectivity index (χ1n) is 8.67. The molecule has 2 aromatic rings. The zero-order valence-electron chi connectivity index (χ0n) is 14.0. The summed E-state index contributed by atoms with van der Waals surface area (Å²) < 4.78 is 1.86. The molecular weight excluding hydrogens is 302 g/mol. The Balaban J connectivity index is 1.39. The number of rotatable bonds is 7. The zero-order chi connectivity index (χ0) is 16.6. The maximum atomic E-state index is 12.1. The Kier molecular flexibility index (Phi) is 5.96. The van der Waals surface area contributed by atoms with Gasteiger partial charge in [0.2, 0.25) is 5.91 Å². The van der Waals surface area contributed by atoms with Gasteiger partial charge in [-0.1, -0.05) is 6.07 Å². The molecule has 0 bridgehead atoms. The molecule has 3 heterocycles. The molecule has 1 N–H and O–H groups in total. The van der Waals surface area contributed by atoms with Crippen molar-refractivity contribution in [3.8, 4) is 0 Å². The fourth-order valence-corrected chi connectivity index (χ4v) is 3.20. The van der Waals surface area contributed by atoms with Crippen molar-refractivity contribution >= 4 is 5.91 Å². The molecule has 128 valence electrons. The highest BCUT2D eigenvalue weighted by Crippen LogP contribution is 2.13. The molecule has 1 aliphatic heterocycles. The van der Waals surface area contributed by atoms with Crippen molar-refractivity contribution in [1.29, 1.82) is 0 Å². The number of carbonyl (C=O) groups is 1. The molecule has 3 rings (SSSR count). The predicted molar refractivity (Wildman–Crippen MR) is 92.1 cm³/mol. The topological polar surface area (TPSA) is 63.1 Å². The summed E-state index contributed by atoms with van der Waals surface area (Å²) in [4.78, 5) is 18.7. The summed E-state index contributed by atoms with van der Waals surface area (Å²) in [6.45, 7) is 3.69. The van der Waals surface area contributed by atoms with Gasteiger partial charge in [-0.15, -0.1) is 0 Å². The summed E-state index contributed by atoms with van der Waals surface area (Å²) in [5, 5.41) is 7.34. The quantitative estimate of drug-likeness (QED) is 0.843. The fraction of sp³-hybridized carbons (Fsp3) is 0.500. The predicted octanol–water partition coefficient (Wildman–Crippen LogP) is 1.84. The van der Waals surface area contributed by atoms with Crippen molar-refractivity contribution in [2.24, 2.45) is 0 Å². The number of hydrogen-bond acceptors (Lipinski definition) is 4. The van der Waals surface area contributed by atoms with Gasteiger partial charge in [0.25, 0.3) is 0 Å². The van der Waals surface area contributed by atoms with Crippen LogP contribution in [-0.4, -0.2) is 44.7 Å². The van der Waals surface area contributed by atoms with Crippen LogP contribution in [0.2, 0.25) is 0 Å². The lowest BCUT2D eigenvalue weighted by atomic mass is 10.0. The van der Waals surface area contributed by atoms with Gasteiger partial charge in [-0.2, -0.15) is 5.10 Å². The van der Waals surface area contributed by atoms with Crippen LogP contribution < -0.4 is 5.32 Å². The number of aryl methyl sites for hydroxylation is 1. The first-order chi connectivity index (χ1) is 11.8. The van der Waals surface area contributed by atoms with Crippen LogP contribution in [-0.2, 0) is 17.9 Å². The minimum Gasteiger partial charge on any atom is -0.352 e. The van der Waals surface area contributed by atoms with E-state index in [9.17, 15) is 4.79 Å². The van der Waals surface area contributed by atoms with Gasteiger partial charge in [-0.05, 0) is 43.5 Å². The van der Waals surface area contributed by atoms with E-state index in [0.717, 1.165) is 45.4 Å². The van der Waals surface area contributed by atoms with Crippen LogP contribution in [0.4, 0.5) is 0 Å². The summed E-state index contributed by atoms with van der Waals surface area (Å²) in [7, 11) is 0. The Labute approximate surface area is 142 Å². The van der Waals surface area contributed by atoms with Crippen molar-refractivity contribution in [3.63, 3.8) is 0 Å². The molecule has 6 heteroatoms. The number of nitrogens with zero attached hydrogens (tertiary/aromatic N) is 4. The van der Waals surface area contributed by atoms with Gasteiger partial charge < -0.3 is 5.32 Å². The second-order valence-electron chi connectivity index (χ2n) is 6.38. The van der Waals surface area contributed by atoms with Crippen LogP contribution in [0, 0.1) is 0 Å². The van der Waals surface area contributed by atoms with Gasteiger partial charge in [-0.25, -0.2) is 0 Å². The molecule has 0 saturated carbocycles. The number of pyridine rings is 1. The van der Waals surface area contributed by atoms with Crippen molar-refractivity contribution in [2.75, 3.05) is 13.1 Å². The summed E-state index contributed by atoms with van der Waals surface area (Å²) >= 11 is 0. The normalized spacial score (nSPS) is 18.4. The second-order valence-corrected chi connectivity index (χ2v) is 6.38. The number of piperidine rings is 1. The van der Waals surface area contributed by atoms with Crippen molar-refractivity contribution in [2.45, 2.75) is 44.8 Å². The van der Waals surface area contributed by atoms with Crippen molar-refractivity contribution < 1.29 is 4.79 Å². The monoisotopic (exact) mass is 327 g/mol. The molecule has 1 atom stereocenters. The number of likely N-dealkylation sites (tertiary alicyclic amines) is 1. The molecule has 1 saturated heterocycles. The highest BCUT2D eigenvalue weighted by atomic mass is 16.1. The molecule has 1 amide bonds. The van der Waals surface area contributed by atoms with Gasteiger partial charge in [0.05, 0.1) is 0 Å². The summed E-state index contributed by atoms with van der Waals surface area (Å²) in [5.74, 6) is 0.149. The van der Waals surface area contributed by atoms with Gasteiger partial charge >= 0.3 is 0 Å². The molecular formula is C18H25N5O. The van der Waals surface area contributed by atoms with Crippen LogP contribution in [0.3, 0.4) is 0 Å². The van der Waals surface area contributed by atoms with E-state index in [2.05, 4.69) is 26.4 Å². The van der Waals surface area contributed by atoms with Gasteiger partial charge in [-0.3, -0.25) is 19.4 Å². The Morgan fingerprint density at radius 3 is 3.08 bits per heavy atom. The third-order valence-corrected chi connectivity index (χ3v) is 4.35. The van der Waals surface area contributed by atoms with Crippen LogP contribution in [0.5, 0.6) is 0 Å². The Bertz CT molecular complexity index is 614. The van der Waals surface area contributed by atoms with E-state index in [0.29, 0.717) is 6.42 Å². The molecule has 0 spiro atoms. The average Bonchev–Trinajstić information content (AvgIpc) is 3.09. The fourth-order valence-electron chi connectivity index (χ4n) is 3.20. The SMILES string of the molecule is O=C(CCCn1cccn1)NC1CCCN(Cc2cccnc2)C1. The standard InChI is InChI=1S/C18H25N5O/c24-18(7-3-11-23-12-4-9-20-23)21-17-6-2-10-22(15-17)14-16-5-1-8-19-13-16/h1,4-5,8-9,12-13,17H,2-3,6-7,10-11,14-15H2,(H,21,24). The maximum Gasteiger partial charge on any atom is 0.220 e. The van der Waals surface area contributed by atoms with E-state index in [1.54, 1.807) is 12.4 Å². The maximum absolute atomic E-state index is 12.1. The lowest BCUT2D eigenvalue weighted by Gasteiger charge is -2.33.